The average molecular weight is 429 g/mol. The molecule has 0 aliphatic heterocycles. The lowest BCUT2D eigenvalue weighted by atomic mass is 10.2. The lowest BCUT2D eigenvalue weighted by molar-refractivity contribution is -0.111. The zero-order valence-electron chi connectivity index (χ0n) is 15.9. The summed E-state index contributed by atoms with van der Waals surface area (Å²) in [6.07, 6.45) is 3.11. The van der Waals surface area contributed by atoms with E-state index in [1.54, 1.807) is 49.4 Å². The number of anilines is 2. The molecule has 1 amide bonds. The van der Waals surface area contributed by atoms with E-state index in [0.29, 0.717) is 22.7 Å². The predicted molar refractivity (Wildman–Crippen MR) is 117 cm³/mol. The third-order valence-electron chi connectivity index (χ3n) is 4.04. The predicted octanol–water partition coefficient (Wildman–Crippen LogP) is 4.52. The summed E-state index contributed by atoms with van der Waals surface area (Å²) < 4.78 is 33.6. The van der Waals surface area contributed by atoms with E-state index in [9.17, 15) is 13.2 Å². The molecule has 0 spiro atoms. The van der Waals surface area contributed by atoms with E-state index < -0.39 is 10.0 Å². The maximum absolute atomic E-state index is 12.9. The monoisotopic (exact) mass is 428 g/mol. The summed E-state index contributed by atoms with van der Waals surface area (Å²) in [6, 6.07) is 15.3. The fourth-order valence-corrected chi connectivity index (χ4v) is 4.58. The minimum absolute atomic E-state index is 0.0726. The van der Waals surface area contributed by atoms with Crippen molar-refractivity contribution in [3.05, 3.63) is 76.5 Å². The van der Waals surface area contributed by atoms with Crippen molar-refractivity contribution in [2.24, 2.45) is 0 Å². The Morgan fingerprint density at radius 3 is 2.62 bits per heavy atom. The molecule has 0 atom stereocenters. The molecule has 6 nitrogen and oxygen atoms in total. The SMILES string of the molecule is COc1ccccc1NS(=O)(=O)c1cc(NC(=O)/C=C/c2cccs2)ccc1C. The molecular formula is C21H20N2O4S2. The quantitative estimate of drug-likeness (QED) is 0.542. The number of aryl methyl sites for hydroxylation is 1. The number of carbonyl (C=O) groups is 1. The molecule has 0 bridgehead atoms. The van der Waals surface area contributed by atoms with Crippen LogP contribution in [0.1, 0.15) is 10.4 Å². The maximum Gasteiger partial charge on any atom is 0.262 e. The fourth-order valence-electron chi connectivity index (χ4n) is 2.62. The second-order valence-electron chi connectivity index (χ2n) is 6.12. The Kier molecular flexibility index (Phi) is 6.36. The minimum Gasteiger partial charge on any atom is -0.495 e. The van der Waals surface area contributed by atoms with E-state index in [1.165, 1.54) is 30.6 Å². The van der Waals surface area contributed by atoms with Gasteiger partial charge in [-0.25, -0.2) is 8.42 Å². The molecule has 0 unspecified atom stereocenters. The number of carbonyl (C=O) groups excluding carboxylic acids is 1. The van der Waals surface area contributed by atoms with Gasteiger partial charge in [-0.2, -0.15) is 0 Å². The standard InChI is InChI=1S/C21H20N2O4S2/c1-15-9-10-16(22-21(24)12-11-17-6-5-13-28-17)14-20(15)29(25,26)23-18-7-3-4-8-19(18)27-2/h3-14,23H,1-2H3,(H,22,24)/b12-11+. The van der Waals surface area contributed by atoms with Gasteiger partial charge in [0.15, 0.2) is 0 Å². The summed E-state index contributed by atoms with van der Waals surface area (Å²) in [6.45, 7) is 1.69. The van der Waals surface area contributed by atoms with Gasteiger partial charge in [0, 0.05) is 16.6 Å². The number of para-hydroxylation sites is 2. The third-order valence-corrected chi connectivity index (χ3v) is 6.38. The molecular weight excluding hydrogens is 408 g/mol. The first kappa shape index (κ1) is 20.6. The van der Waals surface area contributed by atoms with Crippen molar-refractivity contribution in [2.45, 2.75) is 11.8 Å². The van der Waals surface area contributed by atoms with Crippen LogP contribution < -0.4 is 14.8 Å². The largest absolute Gasteiger partial charge is 0.495 e. The van der Waals surface area contributed by atoms with Crippen molar-refractivity contribution in [3.63, 3.8) is 0 Å². The lowest BCUT2D eigenvalue weighted by Gasteiger charge is -2.14. The number of sulfonamides is 1. The van der Waals surface area contributed by atoms with Crippen molar-refractivity contribution in [3.8, 4) is 5.75 Å². The Balaban J connectivity index is 1.81. The molecule has 0 saturated heterocycles. The van der Waals surface area contributed by atoms with Gasteiger partial charge in [0.1, 0.15) is 5.75 Å². The third kappa shape index (κ3) is 5.24. The van der Waals surface area contributed by atoms with Gasteiger partial charge < -0.3 is 10.1 Å². The van der Waals surface area contributed by atoms with Gasteiger partial charge in [-0.15, -0.1) is 11.3 Å². The van der Waals surface area contributed by atoms with Crippen LogP contribution in [0.25, 0.3) is 6.08 Å². The second kappa shape index (κ2) is 8.93. The summed E-state index contributed by atoms with van der Waals surface area (Å²) >= 11 is 1.52. The zero-order chi connectivity index (χ0) is 20.9. The van der Waals surface area contributed by atoms with Crippen LogP contribution in [0.4, 0.5) is 11.4 Å². The number of thiophene rings is 1. The van der Waals surface area contributed by atoms with Gasteiger partial charge in [0.2, 0.25) is 5.91 Å². The Labute approximate surface area is 173 Å². The molecule has 29 heavy (non-hydrogen) atoms. The van der Waals surface area contributed by atoms with Gasteiger partial charge in [-0.05, 0) is 54.3 Å². The Bertz CT molecular complexity index is 1140. The highest BCUT2D eigenvalue weighted by atomic mass is 32.2. The molecule has 2 aromatic carbocycles. The first-order chi connectivity index (χ1) is 13.9. The van der Waals surface area contributed by atoms with Crippen molar-refractivity contribution >= 4 is 44.7 Å². The van der Waals surface area contributed by atoms with Crippen molar-refractivity contribution in [1.82, 2.24) is 0 Å². The summed E-state index contributed by atoms with van der Waals surface area (Å²) in [5.74, 6) is 0.0696. The Morgan fingerprint density at radius 1 is 1.10 bits per heavy atom. The van der Waals surface area contributed by atoms with Crippen LogP contribution in [0.2, 0.25) is 0 Å². The van der Waals surface area contributed by atoms with E-state index in [2.05, 4.69) is 10.0 Å². The van der Waals surface area contributed by atoms with E-state index in [0.717, 1.165) is 4.88 Å². The number of nitrogens with one attached hydrogen (secondary N) is 2. The van der Waals surface area contributed by atoms with E-state index >= 15 is 0 Å². The van der Waals surface area contributed by atoms with Gasteiger partial charge in [0.25, 0.3) is 10.0 Å². The first-order valence-electron chi connectivity index (χ1n) is 8.68. The molecule has 8 heteroatoms. The van der Waals surface area contributed by atoms with E-state index in [4.69, 9.17) is 4.74 Å². The lowest BCUT2D eigenvalue weighted by Crippen LogP contribution is -2.16. The number of hydrogen-bond donors (Lipinski definition) is 2. The first-order valence-corrected chi connectivity index (χ1v) is 11.0. The summed E-state index contributed by atoms with van der Waals surface area (Å²) in [7, 11) is -2.41. The molecule has 0 saturated carbocycles. The molecule has 1 heterocycles. The highest BCUT2D eigenvalue weighted by Gasteiger charge is 2.19. The minimum atomic E-state index is -3.88. The van der Waals surface area contributed by atoms with Crippen LogP contribution in [0, 0.1) is 6.92 Å². The smallest absolute Gasteiger partial charge is 0.262 e. The van der Waals surface area contributed by atoms with Gasteiger partial charge >= 0.3 is 0 Å². The number of rotatable bonds is 7. The van der Waals surface area contributed by atoms with Crippen molar-refractivity contribution in [1.29, 1.82) is 0 Å². The van der Waals surface area contributed by atoms with Crippen molar-refractivity contribution in [2.75, 3.05) is 17.1 Å². The van der Waals surface area contributed by atoms with Crippen LogP contribution >= 0.6 is 11.3 Å². The van der Waals surface area contributed by atoms with Crippen LogP contribution in [-0.4, -0.2) is 21.4 Å². The fraction of sp³-hybridized carbons (Fsp3) is 0.0952. The highest BCUT2D eigenvalue weighted by molar-refractivity contribution is 7.92. The average Bonchev–Trinajstić information content (AvgIpc) is 3.21. The van der Waals surface area contributed by atoms with Crippen LogP contribution in [0.5, 0.6) is 5.75 Å². The molecule has 2 N–H and O–H groups in total. The highest BCUT2D eigenvalue weighted by Crippen LogP contribution is 2.28. The van der Waals surface area contributed by atoms with E-state index in [1.807, 2.05) is 17.5 Å². The van der Waals surface area contributed by atoms with Crippen LogP contribution in [0.15, 0.2) is 70.9 Å². The number of ether oxygens (including phenoxy) is 1. The molecule has 0 aliphatic rings. The number of hydrogen-bond acceptors (Lipinski definition) is 5. The summed E-state index contributed by atoms with van der Waals surface area (Å²) in [5.41, 5.74) is 1.28. The topological polar surface area (TPSA) is 84.5 Å². The molecule has 0 aliphatic carbocycles. The Hall–Kier alpha value is -3.10. The zero-order valence-corrected chi connectivity index (χ0v) is 17.5. The number of amides is 1. The summed E-state index contributed by atoms with van der Waals surface area (Å²) in [5, 5.41) is 4.61. The summed E-state index contributed by atoms with van der Waals surface area (Å²) in [4.78, 5) is 13.2. The van der Waals surface area contributed by atoms with Gasteiger partial charge in [-0.3, -0.25) is 9.52 Å². The van der Waals surface area contributed by atoms with Gasteiger partial charge in [-0.1, -0.05) is 24.3 Å². The molecule has 150 valence electrons. The van der Waals surface area contributed by atoms with Gasteiger partial charge in [0.05, 0.1) is 17.7 Å². The van der Waals surface area contributed by atoms with Crippen LogP contribution in [-0.2, 0) is 14.8 Å². The molecule has 3 aromatic rings. The normalized spacial score (nSPS) is 11.4. The van der Waals surface area contributed by atoms with Crippen LogP contribution in [0.3, 0.4) is 0 Å². The molecule has 3 rings (SSSR count). The molecule has 1 aromatic heterocycles. The molecule has 0 radical (unpaired) electrons. The Morgan fingerprint density at radius 2 is 1.90 bits per heavy atom. The number of benzene rings is 2. The second-order valence-corrected chi connectivity index (χ2v) is 8.75. The van der Waals surface area contributed by atoms with Crippen molar-refractivity contribution < 1.29 is 17.9 Å². The number of methoxy groups -OCH3 is 1. The molecule has 0 fully saturated rings. The van der Waals surface area contributed by atoms with E-state index in [-0.39, 0.29) is 10.8 Å². The maximum atomic E-state index is 12.9.